The van der Waals surface area contributed by atoms with Crippen LogP contribution in [0.4, 0.5) is 5.69 Å². The fraction of sp³-hybridized carbons (Fsp3) is 0.500. The molecule has 2 atom stereocenters. The highest BCUT2D eigenvalue weighted by Crippen LogP contribution is 2.26. The van der Waals surface area contributed by atoms with Crippen LogP contribution in [0.3, 0.4) is 0 Å². The van der Waals surface area contributed by atoms with Crippen LogP contribution in [0.5, 0.6) is 0 Å². The van der Waals surface area contributed by atoms with E-state index in [1.807, 2.05) is 0 Å². The maximum atomic E-state index is 9.89. The summed E-state index contributed by atoms with van der Waals surface area (Å²) in [6.45, 7) is 3.05. The maximum absolute atomic E-state index is 9.89. The van der Waals surface area contributed by atoms with Crippen molar-refractivity contribution in [1.82, 2.24) is 5.32 Å². The molecule has 2 N–H and O–H groups in total. The summed E-state index contributed by atoms with van der Waals surface area (Å²) < 4.78 is 0. The third-order valence-electron chi connectivity index (χ3n) is 4.12. The Morgan fingerprint density at radius 1 is 1.37 bits per heavy atom. The molecule has 1 fully saturated rings. The van der Waals surface area contributed by atoms with Gasteiger partial charge in [0.2, 0.25) is 0 Å². The van der Waals surface area contributed by atoms with Crippen LogP contribution in [0, 0.1) is 0 Å². The van der Waals surface area contributed by atoms with E-state index in [1.165, 1.54) is 11.3 Å². The monoisotopic (exact) mass is 258 g/mol. The molecule has 3 heteroatoms. The molecule has 0 aliphatic carbocycles. The fourth-order valence-electron chi connectivity index (χ4n) is 3.02. The molecule has 3 rings (SSSR count). The first-order valence-electron chi connectivity index (χ1n) is 7.25. The van der Waals surface area contributed by atoms with Gasteiger partial charge in [-0.15, -0.1) is 0 Å². The van der Waals surface area contributed by atoms with Gasteiger partial charge in [0.05, 0.1) is 12.1 Å². The summed E-state index contributed by atoms with van der Waals surface area (Å²) in [6, 6.07) is 8.76. The number of aliphatic hydroxyl groups is 1. The number of para-hydroxylation sites is 1. The van der Waals surface area contributed by atoms with Crippen LogP contribution in [0.1, 0.15) is 18.4 Å². The van der Waals surface area contributed by atoms with Gasteiger partial charge in [-0.3, -0.25) is 0 Å². The molecule has 0 saturated carbocycles. The van der Waals surface area contributed by atoms with Crippen LogP contribution < -0.4 is 10.2 Å². The maximum Gasteiger partial charge on any atom is 0.0729 e. The first-order valence-corrected chi connectivity index (χ1v) is 7.25. The highest BCUT2D eigenvalue weighted by Gasteiger charge is 2.20. The van der Waals surface area contributed by atoms with Gasteiger partial charge in [-0.1, -0.05) is 30.4 Å². The number of aliphatic hydroxyl groups excluding tert-OH is 1. The largest absolute Gasteiger partial charge is 0.391 e. The molecule has 2 aliphatic rings. The van der Waals surface area contributed by atoms with Gasteiger partial charge in [-0.25, -0.2) is 0 Å². The minimum atomic E-state index is -0.226. The SMILES string of the molecule is O[C@H]1CCCN[C@@H]1/C=C/CN1CCc2ccccc21. The first kappa shape index (κ1) is 12.7. The van der Waals surface area contributed by atoms with Gasteiger partial charge >= 0.3 is 0 Å². The summed E-state index contributed by atoms with van der Waals surface area (Å²) in [5.41, 5.74) is 2.82. The number of nitrogens with zero attached hydrogens (tertiary/aromatic N) is 1. The van der Waals surface area contributed by atoms with E-state index in [0.717, 1.165) is 38.9 Å². The van der Waals surface area contributed by atoms with Crippen molar-refractivity contribution in [1.29, 1.82) is 0 Å². The third kappa shape index (κ3) is 2.82. The van der Waals surface area contributed by atoms with Crippen LogP contribution in [0.15, 0.2) is 36.4 Å². The van der Waals surface area contributed by atoms with Crippen molar-refractivity contribution in [3.8, 4) is 0 Å². The molecule has 0 aromatic heterocycles. The normalized spacial score (nSPS) is 26.9. The molecule has 0 bridgehead atoms. The molecular weight excluding hydrogens is 236 g/mol. The van der Waals surface area contributed by atoms with Crippen molar-refractivity contribution in [2.24, 2.45) is 0 Å². The van der Waals surface area contributed by atoms with Crippen molar-refractivity contribution in [2.45, 2.75) is 31.4 Å². The van der Waals surface area contributed by atoms with E-state index >= 15 is 0 Å². The van der Waals surface area contributed by atoms with E-state index in [1.54, 1.807) is 0 Å². The summed E-state index contributed by atoms with van der Waals surface area (Å²) >= 11 is 0. The van der Waals surface area contributed by atoms with Gasteiger partial charge in [0, 0.05) is 18.8 Å². The van der Waals surface area contributed by atoms with Crippen molar-refractivity contribution in [2.75, 3.05) is 24.5 Å². The number of nitrogens with one attached hydrogen (secondary N) is 1. The summed E-state index contributed by atoms with van der Waals surface area (Å²) in [4.78, 5) is 2.40. The predicted molar refractivity (Wildman–Crippen MR) is 78.5 cm³/mol. The highest BCUT2D eigenvalue weighted by molar-refractivity contribution is 5.58. The van der Waals surface area contributed by atoms with E-state index in [4.69, 9.17) is 0 Å². The fourth-order valence-corrected chi connectivity index (χ4v) is 3.02. The number of fused-ring (bicyclic) bond motifs is 1. The average molecular weight is 258 g/mol. The Hall–Kier alpha value is -1.32. The molecule has 19 heavy (non-hydrogen) atoms. The number of piperidine rings is 1. The van der Waals surface area contributed by atoms with E-state index in [0.29, 0.717) is 0 Å². The molecule has 2 aliphatic heterocycles. The standard InChI is InChI=1S/C16H22N2O/c19-16-8-3-10-17-14(16)6-4-11-18-12-9-13-5-1-2-7-15(13)18/h1-2,4-7,14,16-17,19H,3,8-12H2/b6-4+/t14-,16+/m1/s1. The molecule has 0 amide bonds. The lowest BCUT2D eigenvalue weighted by Crippen LogP contribution is -2.43. The number of hydrogen-bond acceptors (Lipinski definition) is 3. The van der Waals surface area contributed by atoms with Gasteiger partial charge < -0.3 is 15.3 Å². The Morgan fingerprint density at radius 2 is 2.26 bits per heavy atom. The van der Waals surface area contributed by atoms with Gasteiger partial charge in [0.1, 0.15) is 0 Å². The zero-order valence-corrected chi connectivity index (χ0v) is 11.3. The topological polar surface area (TPSA) is 35.5 Å². The molecule has 1 saturated heterocycles. The van der Waals surface area contributed by atoms with E-state index in [9.17, 15) is 5.11 Å². The molecular formula is C16H22N2O. The van der Waals surface area contributed by atoms with Crippen molar-refractivity contribution >= 4 is 5.69 Å². The Labute approximate surface area is 114 Å². The number of hydrogen-bond donors (Lipinski definition) is 2. The zero-order valence-electron chi connectivity index (χ0n) is 11.3. The number of anilines is 1. The first-order chi connectivity index (χ1) is 9.34. The average Bonchev–Trinajstić information content (AvgIpc) is 2.85. The summed E-state index contributed by atoms with van der Waals surface area (Å²) in [7, 11) is 0. The summed E-state index contributed by atoms with van der Waals surface area (Å²) in [5, 5.41) is 13.2. The van der Waals surface area contributed by atoms with Crippen LogP contribution in [-0.2, 0) is 6.42 Å². The summed E-state index contributed by atoms with van der Waals surface area (Å²) in [6.07, 6.45) is 7.23. The van der Waals surface area contributed by atoms with Crippen molar-refractivity contribution < 1.29 is 5.11 Å². The molecule has 1 aromatic carbocycles. The second-order valence-corrected chi connectivity index (χ2v) is 5.44. The molecule has 1 aromatic rings. The second kappa shape index (κ2) is 5.76. The molecule has 102 valence electrons. The van der Waals surface area contributed by atoms with Gasteiger partial charge in [0.25, 0.3) is 0 Å². The zero-order chi connectivity index (χ0) is 13.1. The van der Waals surface area contributed by atoms with Crippen LogP contribution in [-0.4, -0.2) is 36.9 Å². The van der Waals surface area contributed by atoms with E-state index < -0.39 is 0 Å². The molecule has 0 radical (unpaired) electrons. The predicted octanol–water partition coefficient (Wildman–Crippen LogP) is 1.72. The lowest BCUT2D eigenvalue weighted by atomic mass is 10.0. The smallest absolute Gasteiger partial charge is 0.0729 e. The highest BCUT2D eigenvalue weighted by atomic mass is 16.3. The number of rotatable bonds is 3. The minimum absolute atomic E-state index is 0.131. The number of benzene rings is 1. The van der Waals surface area contributed by atoms with Crippen LogP contribution in [0.2, 0.25) is 0 Å². The quantitative estimate of drug-likeness (QED) is 0.810. The second-order valence-electron chi connectivity index (χ2n) is 5.44. The van der Waals surface area contributed by atoms with E-state index in [2.05, 4.69) is 46.6 Å². The van der Waals surface area contributed by atoms with Gasteiger partial charge in [-0.05, 0) is 37.4 Å². The Kier molecular flexibility index (Phi) is 3.85. The van der Waals surface area contributed by atoms with Gasteiger partial charge in [0.15, 0.2) is 0 Å². The van der Waals surface area contributed by atoms with Crippen molar-refractivity contribution in [3.63, 3.8) is 0 Å². The Balaban J connectivity index is 1.58. The summed E-state index contributed by atoms with van der Waals surface area (Å²) in [5.74, 6) is 0. The van der Waals surface area contributed by atoms with Crippen LogP contribution >= 0.6 is 0 Å². The molecule has 0 spiro atoms. The van der Waals surface area contributed by atoms with E-state index in [-0.39, 0.29) is 12.1 Å². The molecule has 3 nitrogen and oxygen atoms in total. The van der Waals surface area contributed by atoms with Crippen molar-refractivity contribution in [3.05, 3.63) is 42.0 Å². The minimum Gasteiger partial charge on any atom is -0.391 e. The Bertz CT molecular complexity index is 458. The van der Waals surface area contributed by atoms with Crippen LogP contribution in [0.25, 0.3) is 0 Å². The van der Waals surface area contributed by atoms with Gasteiger partial charge in [-0.2, -0.15) is 0 Å². The Morgan fingerprint density at radius 3 is 3.16 bits per heavy atom. The molecule has 2 heterocycles. The third-order valence-corrected chi connectivity index (χ3v) is 4.12. The lowest BCUT2D eigenvalue weighted by Gasteiger charge is -2.26. The lowest BCUT2D eigenvalue weighted by molar-refractivity contribution is 0.115. The molecule has 0 unspecified atom stereocenters.